The van der Waals surface area contributed by atoms with Crippen molar-refractivity contribution >= 4 is 10.9 Å². The highest BCUT2D eigenvalue weighted by molar-refractivity contribution is 5.83. The van der Waals surface area contributed by atoms with Gasteiger partial charge in [0.25, 0.3) is 0 Å². The van der Waals surface area contributed by atoms with Gasteiger partial charge < -0.3 is 10.3 Å². The van der Waals surface area contributed by atoms with Crippen LogP contribution >= 0.6 is 0 Å². The second-order valence-corrected chi connectivity index (χ2v) is 5.70. The van der Waals surface area contributed by atoms with Gasteiger partial charge in [-0.2, -0.15) is 0 Å². The summed E-state index contributed by atoms with van der Waals surface area (Å²) >= 11 is 0. The van der Waals surface area contributed by atoms with Crippen LogP contribution in [0.4, 0.5) is 0 Å². The summed E-state index contributed by atoms with van der Waals surface area (Å²) in [7, 11) is 0. The van der Waals surface area contributed by atoms with Gasteiger partial charge in [-0.05, 0) is 43.2 Å². The van der Waals surface area contributed by atoms with Crippen LogP contribution in [0.15, 0.2) is 30.5 Å². The van der Waals surface area contributed by atoms with E-state index < -0.39 is 0 Å². The predicted octanol–water partition coefficient (Wildman–Crippen LogP) is 3.65. The molecule has 1 aliphatic rings. The molecule has 0 aliphatic heterocycles. The highest BCUT2D eigenvalue weighted by Gasteiger charge is 2.19. The summed E-state index contributed by atoms with van der Waals surface area (Å²) in [6, 6.07) is 9.78. The van der Waals surface area contributed by atoms with Gasteiger partial charge in [-0.25, -0.2) is 0 Å². The first-order valence-corrected chi connectivity index (χ1v) is 7.10. The normalized spacial score (nSPS) is 18.6. The Kier molecular flexibility index (Phi) is 3.13. The van der Waals surface area contributed by atoms with Crippen LogP contribution in [0.2, 0.25) is 0 Å². The van der Waals surface area contributed by atoms with Crippen LogP contribution in [-0.4, -0.2) is 10.6 Å². The lowest BCUT2D eigenvalue weighted by atomic mass is 10.0. The molecule has 0 radical (unpaired) electrons. The third-order valence-electron chi connectivity index (χ3n) is 4.08. The Morgan fingerprint density at radius 3 is 2.78 bits per heavy atom. The van der Waals surface area contributed by atoms with E-state index in [4.69, 9.17) is 5.73 Å². The van der Waals surface area contributed by atoms with Gasteiger partial charge in [0, 0.05) is 18.3 Å². The molecule has 0 saturated heterocycles. The fraction of sp³-hybridized carbons (Fsp3) is 0.500. The molecule has 2 N–H and O–H groups in total. The Morgan fingerprint density at radius 2 is 2.06 bits per heavy atom. The molecule has 1 aromatic carbocycles. The number of fused-ring (bicyclic) bond motifs is 1. The lowest BCUT2D eigenvalue weighted by molar-refractivity contribution is 0.534. The molecule has 1 aromatic heterocycles. The molecule has 18 heavy (non-hydrogen) atoms. The highest BCUT2D eigenvalue weighted by Crippen LogP contribution is 2.34. The minimum absolute atomic E-state index is 0.225. The van der Waals surface area contributed by atoms with Crippen molar-refractivity contribution in [2.45, 2.75) is 51.1 Å². The van der Waals surface area contributed by atoms with Crippen LogP contribution in [0.5, 0.6) is 0 Å². The smallest absolute Gasteiger partial charge is 0.0515 e. The molecule has 1 fully saturated rings. The summed E-state index contributed by atoms with van der Waals surface area (Å²) in [4.78, 5) is 0. The number of hydrogen-bond donors (Lipinski definition) is 1. The Labute approximate surface area is 109 Å². The Balaban J connectivity index is 2.08. The van der Waals surface area contributed by atoms with E-state index in [2.05, 4.69) is 42.0 Å². The van der Waals surface area contributed by atoms with E-state index in [9.17, 15) is 0 Å². The molecule has 0 spiro atoms. The summed E-state index contributed by atoms with van der Waals surface area (Å²) in [6.07, 6.45) is 8.64. The third-order valence-corrected chi connectivity index (χ3v) is 4.08. The van der Waals surface area contributed by atoms with Crippen molar-refractivity contribution in [3.05, 3.63) is 36.0 Å². The maximum atomic E-state index is 5.98. The number of para-hydroxylation sites is 1. The van der Waals surface area contributed by atoms with Crippen molar-refractivity contribution < 1.29 is 0 Å². The predicted molar refractivity (Wildman–Crippen MR) is 76.8 cm³/mol. The van der Waals surface area contributed by atoms with Crippen molar-refractivity contribution in [2.24, 2.45) is 5.73 Å². The van der Waals surface area contributed by atoms with E-state index in [0.29, 0.717) is 6.04 Å². The van der Waals surface area contributed by atoms with Gasteiger partial charge in [0.1, 0.15) is 0 Å². The molecule has 1 heterocycles. The Morgan fingerprint density at radius 1 is 1.28 bits per heavy atom. The SMILES string of the molecule is CC(N)Cc1cccc2ccn(C3CCCC3)c12. The van der Waals surface area contributed by atoms with E-state index >= 15 is 0 Å². The van der Waals surface area contributed by atoms with Crippen LogP contribution in [0.1, 0.15) is 44.2 Å². The monoisotopic (exact) mass is 242 g/mol. The lowest BCUT2D eigenvalue weighted by Gasteiger charge is -2.16. The number of hydrogen-bond acceptors (Lipinski definition) is 1. The zero-order chi connectivity index (χ0) is 12.5. The van der Waals surface area contributed by atoms with Crippen LogP contribution < -0.4 is 5.73 Å². The number of rotatable bonds is 3. The van der Waals surface area contributed by atoms with Crippen molar-refractivity contribution in [2.75, 3.05) is 0 Å². The van der Waals surface area contributed by atoms with E-state index in [1.54, 1.807) is 0 Å². The largest absolute Gasteiger partial charge is 0.344 e. The first-order valence-electron chi connectivity index (χ1n) is 7.10. The molecule has 0 bridgehead atoms. The molecule has 3 rings (SSSR count). The maximum Gasteiger partial charge on any atom is 0.0515 e. The van der Waals surface area contributed by atoms with Crippen LogP contribution in [0, 0.1) is 0 Å². The molecular weight excluding hydrogens is 220 g/mol. The fourth-order valence-corrected chi connectivity index (χ4v) is 3.29. The average molecular weight is 242 g/mol. The second-order valence-electron chi connectivity index (χ2n) is 5.70. The molecule has 1 atom stereocenters. The van der Waals surface area contributed by atoms with Gasteiger partial charge in [-0.15, -0.1) is 0 Å². The van der Waals surface area contributed by atoms with E-state index in [-0.39, 0.29) is 6.04 Å². The van der Waals surface area contributed by atoms with Crippen molar-refractivity contribution in [3.63, 3.8) is 0 Å². The second kappa shape index (κ2) is 4.77. The first-order chi connectivity index (χ1) is 8.75. The van der Waals surface area contributed by atoms with Gasteiger partial charge in [-0.1, -0.05) is 31.0 Å². The Bertz CT molecular complexity index is 533. The summed E-state index contributed by atoms with van der Waals surface area (Å²) in [6.45, 7) is 2.09. The van der Waals surface area contributed by atoms with Crippen LogP contribution in [-0.2, 0) is 6.42 Å². The minimum atomic E-state index is 0.225. The standard InChI is InChI=1S/C16H22N2/c1-12(17)11-14-6-4-5-13-9-10-18(16(13)14)15-7-2-3-8-15/h4-6,9-10,12,15H,2-3,7-8,11,17H2,1H3. The van der Waals surface area contributed by atoms with Gasteiger partial charge in [0.15, 0.2) is 0 Å². The van der Waals surface area contributed by atoms with Crippen LogP contribution in [0.25, 0.3) is 10.9 Å². The van der Waals surface area contributed by atoms with E-state index in [0.717, 1.165) is 6.42 Å². The summed E-state index contributed by atoms with van der Waals surface area (Å²) in [5.74, 6) is 0. The van der Waals surface area contributed by atoms with E-state index in [1.165, 1.54) is 42.1 Å². The molecule has 1 unspecified atom stereocenters. The quantitative estimate of drug-likeness (QED) is 0.875. The minimum Gasteiger partial charge on any atom is -0.344 e. The zero-order valence-electron chi connectivity index (χ0n) is 11.1. The highest BCUT2D eigenvalue weighted by atomic mass is 15.0. The molecular formula is C16H22N2. The molecule has 1 saturated carbocycles. The van der Waals surface area contributed by atoms with Gasteiger partial charge in [0.05, 0.1) is 5.52 Å². The molecule has 0 amide bonds. The van der Waals surface area contributed by atoms with Gasteiger partial charge in [-0.3, -0.25) is 0 Å². The summed E-state index contributed by atoms with van der Waals surface area (Å²) < 4.78 is 2.50. The van der Waals surface area contributed by atoms with Gasteiger partial charge >= 0.3 is 0 Å². The third kappa shape index (κ3) is 2.05. The van der Waals surface area contributed by atoms with Crippen molar-refractivity contribution in [1.29, 1.82) is 0 Å². The molecule has 1 aliphatic carbocycles. The Hall–Kier alpha value is -1.28. The molecule has 2 nitrogen and oxygen atoms in total. The van der Waals surface area contributed by atoms with Crippen molar-refractivity contribution in [1.82, 2.24) is 4.57 Å². The molecule has 2 aromatic rings. The zero-order valence-corrected chi connectivity index (χ0v) is 11.1. The number of benzene rings is 1. The number of aromatic nitrogens is 1. The maximum absolute atomic E-state index is 5.98. The van der Waals surface area contributed by atoms with Crippen LogP contribution in [0.3, 0.4) is 0 Å². The first kappa shape index (κ1) is 11.8. The lowest BCUT2D eigenvalue weighted by Crippen LogP contribution is -2.18. The van der Waals surface area contributed by atoms with Gasteiger partial charge in [0.2, 0.25) is 0 Å². The van der Waals surface area contributed by atoms with Crippen molar-refractivity contribution in [3.8, 4) is 0 Å². The number of nitrogens with two attached hydrogens (primary N) is 1. The number of nitrogens with zero attached hydrogens (tertiary/aromatic N) is 1. The summed E-state index contributed by atoms with van der Waals surface area (Å²) in [5.41, 5.74) is 8.80. The topological polar surface area (TPSA) is 30.9 Å². The molecule has 2 heteroatoms. The summed E-state index contributed by atoms with van der Waals surface area (Å²) in [5, 5.41) is 1.36. The van der Waals surface area contributed by atoms with E-state index in [1.807, 2.05) is 0 Å². The average Bonchev–Trinajstić information content (AvgIpc) is 2.96. The molecule has 96 valence electrons. The fourth-order valence-electron chi connectivity index (χ4n) is 3.29.